The molecule has 2 rings (SSSR count). The van der Waals surface area contributed by atoms with Gasteiger partial charge in [-0.05, 0) is 36.7 Å². The summed E-state index contributed by atoms with van der Waals surface area (Å²) in [5.74, 6) is 0.886. The molecular weight excluding hydrogens is 256 g/mol. The lowest BCUT2D eigenvalue weighted by Crippen LogP contribution is -1.99. The number of unbranched alkanes of at least 4 members (excludes halogenated alkanes) is 1. The van der Waals surface area contributed by atoms with E-state index in [0.717, 1.165) is 30.7 Å². The molecule has 1 aromatic carbocycles. The summed E-state index contributed by atoms with van der Waals surface area (Å²) >= 11 is 5.20. The second-order valence-corrected chi connectivity index (χ2v) is 4.85. The topological polar surface area (TPSA) is 46.0 Å². The zero-order valence-corrected chi connectivity index (χ0v) is 12.1. The number of aromatic nitrogens is 3. The average molecular weight is 274 g/mol. The third-order valence-corrected chi connectivity index (χ3v) is 3.24. The molecule has 0 fully saturated rings. The Hall–Kier alpha value is -1.75. The van der Waals surface area contributed by atoms with Crippen molar-refractivity contribution in [1.82, 2.24) is 14.9 Å². The molecule has 100 valence electrons. The zero-order chi connectivity index (χ0) is 13.7. The summed E-state index contributed by atoms with van der Waals surface area (Å²) in [6.07, 6.45) is 4.92. The van der Waals surface area contributed by atoms with E-state index < -0.39 is 0 Å². The Morgan fingerprint density at radius 2 is 2.21 bits per heavy atom. The summed E-state index contributed by atoms with van der Waals surface area (Å²) < 4.78 is 2.24. The summed E-state index contributed by atoms with van der Waals surface area (Å²) in [5, 5.41) is 11.5. The van der Waals surface area contributed by atoms with Crippen molar-refractivity contribution in [2.45, 2.75) is 33.1 Å². The molecule has 5 heteroatoms. The molecule has 0 saturated heterocycles. The number of H-pyrrole nitrogens is 1. The molecule has 19 heavy (non-hydrogen) atoms. The molecule has 0 spiro atoms. The Kier molecular flexibility index (Phi) is 4.63. The smallest absolute Gasteiger partial charge is 0.216 e. The first kappa shape index (κ1) is 13.7. The van der Waals surface area contributed by atoms with E-state index in [2.05, 4.69) is 35.2 Å². The maximum Gasteiger partial charge on any atom is 0.216 e. The van der Waals surface area contributed by atoms with Crippen LogP contribution >= 0.6 is 12.2 Å². The minimum absolute atomic E-state index is 0.538. The van der Waals surface area contributed by atoms with Gasteiger partial charge < -0.3 is 0 Å². The van der Waals surface area contributed by atoms with Crippen molar-refractivity contribution in [2.75, 3.05) is 0 Å². The van der Waals surface area contributed by atoms with Crippen molar-refractivity contribution in [3.63, 3.8) is 0 Å². The number of hydrogen-bond acceptors (Lipinski definition) is 3. The molecule has 1 N–H and O–H groups in total. The third kappa shape index (κ3) is 3.38. The Morgan fingerprint density at radius 3 is 2.95 bits per heavy atom. The van der Waals surface area contributed by atoms with Crippen molar-refractivity contribution < 1.29 is 0 Å². The Bertz CT molecular complexity index is 624. The van der Waals surface area contributed by atoms with E-state index in [9.17, 15) is 0 Å². The van der Waals surface area contributed by atoms with Gasteiger partial charge in [0.15, 0.2) is 5.82 Å². The molecule has 0 saturated carbocycles. The highest BCUT2D eigenvalue weighted by molar-refractivity contribution is 7.71. The maximum absolute atomic E-state index is 5.20. The van der Waals surface area contributed by atoms with Crippen LogP contribution in [0.2, 0.25) is 0 Å². The lowest BCUT2D eigenvalue weighted by Gasteiger charge is -2.01. The summed E-state index contributed by atoms with van der Waals surface area (Å²) in [6, 6.07) is 8.12. The van der Waals surface area contributed by atoms with Gasteiger partial charge in [-0.2, -0.15) is 14.9 Å². The van der Waals surface area contributed by atoms with E-state index in [1.54, 1.807) is 4.68 Å². The van der Waals surface area contributed by atoms with Crippen molar-refractivity contribution in [2.24, 2.45) is 5.10 Å². The van der Waals surface area contributed by atoms with Gasteiger partial charge in [0.05, 0.1) is 6.21 Å². The molecule has 1 heterocycles. The number of nitrogens with one attached hydrogen (secondary N) is 1. The number of rotatable bonds is 5. The van der Waals surface area contributed by atoms with Crippen LogP contribution in [0.25, 0.3) is 0 Å². The molecular formula is C14H18N4S. The van der Waals surface area contributed by atoms with Gasteiger partial charge in [0.2, 0.25) is 4.77 Å². The summed E-state index contributed by atoms with van der Waals surface area (Å²) in [5.41, 5.74) is 2.28. The molecule has 0 bridgehead atoms. The standard InChI is InChI=1S/C14H18N4S/c1-3-4-9-13-16-17-14(19)18(13)15-10-12-8-6-5-7-11(12)2/h5-8,10H,3-4,9H2,1-2H3,(H,17,19)/b15-10+. The van der Waals surface area contributed by atoms with Crippen LogP contribution in [0.4, 0.5) is 0 Å². The van der Waals surface area contributed by atoms with Gasteiger partial charge in [-0.15, -0.1) is 0 Å². The van der Waals surface area contributed by atoms with Crippen LogP contribution in [-0.2, 0) is 6.42 Å². The molecule has 0 unspecified atom stereocenters. The SMILES string of the molecule is CCCCc1n[nH]c(=S)n1/N=C/c1ccccc1C. The quantitative estimate of drug-likeness (QED) is 0.670. The minimum Gasteiger partial charge on any atom is -0.250 e. The Labute approximate surface area is 118 Å². The molecule has 1 aromatic heterocycles. The molecule has 0 radical (unpaired) electrons. The second-order valence-electron chi connectivity index (χ2n) is 4.46. The van der Waals surface area contributed by atoms with E-state index in [-0.39, 0.29) is 0 Å². The molecule has 4 nitrogen and oxygen atoms in total. The first-order valence-electron chi connectivity index (χ1n) is 6.48. The van der Waals surface area contributed by atoms with Crippen LogP contribution < -0.4 is 0 Å². The van der Waals surface area contributed by atoms with E-state index >= 15 is 0 Å². The molecule has 2 aromatic rings. The van der Waals surface area contributed by atoms with Gasteiger partial charge in [0, 0.05) is 6.42 Å². The lowest BCUT2D eigenvalue weighted by molar-refractivity contribution is 0.700. The predicted octanol–water partition coefficient (Wildman–Crippen LogP) is 3.47. The Morgan fingerprint density at radius 1 is 1.42 bits per heavy atom. The summed E-state index contributed by atoms with van der Waals surface area (Å²) in [7, 11) is 0. The van der Waals surface area contributed by atoms with Gasteiger partial charge in [-0.1, -0.05) is 37.6 Å². The van der Waals surface area contributed by atoms with Gasteiger partial charge in [0.25, 0.3) is 0 Å². The highest BCUT2D eigenvalue weighted by Gasteiger charge is 2.03. The summed E-state index contributed by atoms with van der Waals surface area (Å²) in [6.45, 7) is 4.22. The maximum atomic E-state index is 5.20. The third-order valence-electron chi connectivity index (χ3n) is 2.97. The first-order valence-corrected chi connectivity index (χ1v) is 6.89. The second kappa shape index (κ2) is 6.43. The van der Waals surface area contributed by atoms with Crippen LogP contribution in [0.1, 0.15) is 36.7 Å². The van der Waals surface area contributed by atoms with Crippen molar-refractivity contribution >= 4 is 18.4 Å². The fourth-order valence-corrected chi connectivity index (χ4v) is 1.99. The fourth-order valence-electron chi connectivity index (χ4n) is 1.79. The van der Waals surface area contributed by atoms with Crippen LogP contribution in [0.5, 0.6) is 0 Å². The number of aromatic amines is 1. The highest BCUT2D eigenvalue weighted by Crippen LogP contribution is 2.06. The van der Waals surface area contributed by atoms with E-state index in [4.69, 9.17) is 12.2 Å². The van der Waals surface area contributed by atoms with Gasteiger partial charge in [-0.3, -0.25) is 5.10 Å². The molecule has 0 aliphatic carbocycles. The van der Waals surface area contributed by atoms with Gasteiger partial charge >= 0.3 is 0 Å². The van der Waals surface area contributed by atoms with Crippen molar-refractivity contribution in [1.29, 1.82) is 0 Å². The van der Waals surface area contributed by atoms with Crippen LogP contribution in [0, 0.1) is 11.7 Å². The van der Waals surface area contributed by atoms with E-state index in [0.29, 0.717) is 4.77 Å². The lowest BCUT2D eigenvalue weighted by atomic mass is 10.1. The van der Waals surface area contributed by atoms with Crippen LogP contribution in [-0.4, -0.2) is 21.1 Å². The first-order chi connectivity index (χ1) is 9.22. The number of benzene rings is 1. The highest BCUT2D eigenvalue weighted by atomic mass is 32.1. The normalized spacial score (nSPS) is 11.3. The molecule has 0 aliphatic rings. The largest absolute Gasteiger partial charge is 0.250 e. The van der Waals surface area contributed by atoms with Crippen molar-refractivity contribution in [3.8, 4) is 0 Å². The van der Waals surface area contributed by atoms with Crippen molar-refractivity contribution in [3.05, 3.63) is 46.0 Å². The number of aryl methyl sites for hydroxylation is 2. The Balaban J connectivity index is 2.26. The number of hydrogen-bond donors (Lipinski definition) is 1. The molecule has 0 atom stereocenters. The van der Waals surface area contributed by atoms with E-state index in [1.807, 2.05) is 24.4 Å². The molecule has 0 aliphatic heterocycles. The average Bonchev–Trinajstić information content (AvgIpc) is 2.76. The van der Waals surface area contributed by atoms with Gasteiger partial charge in [-0.25, -0.2) is 0 Å². The van der Waals surface area contributed by atoms with Gasteiger partial charge in [0.1, 0.15) is 0 Å². The van der Waals surface area contributed by atoms with E-state index in [1.165, 1.54) is 5.56 Å². The van der Waals surface area contributed by atoms with Crippen LogP contribution in [0.15, 0.2) is 29.4 Å². The minimum atomic E-state index is 0.538. The summed E-state index contributed by atoms with van der Waals surface area (Å²) in [4.78, 5) is 0. The van der Waals surface area contributed by atoms with Crippen LogP contribution in [0.3, 0.4) is 0 Å². The fraction of sp³-hybridized carbons (Fsp3) is 0.357. The predicted molar refractivity (Wildman–Crippen MR) is 80.2 cm³/mol. The zero-order valence-electron chi connectivity index (χ0n) is 11.3. The number of nitrogens with zero attached hydrogens (tertiary/aromatic N) is 3. The monoisotopic (exact) mass is 274 g/mol. The molecule has 0 amide bonds.